The van der Waals surface area contributed by atoms with Crippen molar-refractivity contribution in [3.05, 3.63) is 92.2 Å². The fraction of sp³-hybridized carbons (Fsp3) is 0.308. The molecule has 1 aliphatic carbocycles. The Morgan fingerprint density at radius 2 is 1.85 bits per heavy atom. The highest BCUT2D eigenvalue weighted by Crippen LogP contribution is 2.32. The van der Waals surface area contributed by atoms with Crippen LogP contribution in [0.15, 0.2) is 53.7 Å². The second-order valence-corrected chi connectivity index (χ2v) is 8.82. The van der Waals surface area contributed by atoms with Crippen molar-refractivity contribution in [1.29, 1.82) is 0 Å². The highest BCUT2D eigenvalue weighted by Gasteiger charge is 2.30. The highest BCUT2D eigenvalue weighted by atomic mass is 35.5. The van der Waals surface area contributed by atoms with Crippen molar-refractivity contribution in [2.24, 2.45) is 5.16 Å². The molecule has 0 radical (unpaired) electrons. The van der Waals surface area contributed by atoms with Gasteiger partial charge in [0.05, 0.1) is 22.4 Å². The van der Waals surface area contributed by atoms with Crippen molar-refractivity contribution in [2.45, 2.75) is 46.3 Å². The third-order valence-corrected chi connectivity index (χ3v) is 6.51. The van der Waals surface area contributed by atoms with E-state index in [4.69, 9.17) is 32.8 Å². The first-order valence-electron chi connectivity index (χ1n) is 11.1. The Balaban J connectivity index is 1.72. The van der Waals surface area contributed by atoms with Crippen LogP contribution in [-0.4, -0.2) is 22.9 Å². The van der Waals surface area contributed by atoms with E-state index >= 15 is 0 Å². The van der Waals surface area contributed by atoms with Crippen molar-refractivity contribution in [3.63, 3.8) is 0 Å². The Bertz CT molecular complexity index is 1190. The first-order valence-corrected chi connectivity index (χ1v) is 11.8. The molecule has 0 bridgehead atoms. The van der Waals surface area contributed by atoms with Crippen LogP contribution < -0.4 is 0 Å². The normalized spacial score (nSPS) is 14.2. The zero-order valence-electron chi connectivity index (χ0n) is 18.7. The summed E-state index contributed by atoms with van der Waals surface area (Å²) in [5.41, 5.74) is 6.34. The van der Waals surface area contributed by atoms with Crippen LogP contribution in [-0.2, 0) is 29.1 Å². The minimum atomic E-state index is -0.339. The molecule has 33 heavy (non-hydrogen) atoms. The van der Waals surface area contributed by atoms with Crippen LogP contribution in [0.1, 0.15) is 58.2 Å². The van der Waals surface area contributed by atoms with E-state index in [9.17, 15) is 4.79 Å². The van der Waals surface area contributed by atoms with Crippen LogP contribution in [0, 0.1) is 6.92 Å². The fourth-order valence-electron chi connectivity index (χ4n) is 4.31. The number of rotatable bonds is 7. The maximum absolute atomic E-state index is 13.0. The van der Waals surface area contributed by atoms with Gasteiger partial charge in [0, 0.05) is 17.8 Å². The Morgan fingerprint density at radius 1 is 1.06 bits per heavy atom. The molecule has 3 aromatic rings. The molecule has 0 saturated heterocycles. The molecule has 1 aliphatic rings. The summed E-state index contributed by atoms with van der Waals surface area (Å²) in [5.74, 6) is -0.339. The summed E-state index contributed by atoms with van der Waals surface area (Å²) in [6.45, 7) is 4.95. The molecule has 4 rings (SSSR count). The van der Waals surface area contributed by atoms with Gasteiger partial charge in [0.1, 0.15) is 12.3 Å². The van der Waals surface area contributed by atoms with E-state index in [1.165, 1.54) is 0 Å². The monoisotopic (exact) mass is 484 g/mol. The second-order valence-electron chi connectivity index (χ2n) is 8.00. The average Bonchev–Trinajstić information content (AvgIpc) is 3.09. The molecule has 172 valence electrons. The third kappa shape index (κ3) is 5.10. The quantitative estimate of drug-likeness (QED) is 0.280. The minimum absolute atomic E-state index is 0.308. The van der Waals surface area contributed by atoms with Crippen LogP contribution in [0.25, 0.3) is 0 Å². The van der Waals surface area contributed by atoms with Gasteiger partial charge in [-0.05, 0) is 61.9 Å². The van der Waals surface area contributed by atoms with Gasteiger partial charge in [-0.1, -0.05) is 64.8 Å². The van der Waals surface area contributed by atoms with Crippen molar-refractivity contribution in [3.8, 4) is 0 Å². The predicted molar refractivity (Wildman–Crippen MR) is 131 cm³/mol. The Kier molecular flexibility index (Phi) is 7.41. The Hall–Kier alpha value is -2.76. The maximum Gasteiger partial charge on any atom is 0.355 e. The molecule has 0 fully saturated rings. The van der Waals surface area contributed by atoms with Crippen LogP contribution in [0.3, 0.4) is 0 Å². The van der Waals surface area contributed by atoms with Crippen LogP contribution in [0.4, 0.5) is 0 Å². The molecule has 1 heterocycles. The molecule has 0 unspecified atom stereocenters. The van der Waals surface area contributed by atoms with Crippen molar-refractivity contribution < 1.29 is 14.4 Å². The molecular weight excluding hydrogens is 459 g/mol. The standard InChI is InChI=1S/C26H26Cl2N2O3/c1-3-32-26(31)25-17(2)24-22(29-33-16-18-8-5-4-6-9-18)10-7-11-23(24)30(25)15-19-12-13-20(27)21(28)14-19/h4-6,8-9,12-14H,3,7,10-11,15-16H2,1-2H3/b29-22-. The maximum atomic E-state index is 13.0. The van der Waals surface area contributed by atoms with Crippen molar-refractivity contribution in [2.75, 3.05) is 6.61 Å². The van der Waals surface area contributed by atoms with E-state index in [1.807, 2.05) is 60.9 Å². The molecule has 0 spiro atoms. The number of esters is 1. The van der Waals surface area contributed by atoms with Gasteiger partial charge in [0.2, 0.25) is 0 Å². The van der Waals surface area contributed by atoms with E-state index in [-0.39, 0.29) is 5.97 Å². The summed E-state index contributed by atoms with van der Waals surface area (Å²) in [5, 5.41) is 5.47. The summed E-state index contributed by atoms with van der Waals surface area (Å²) in [6, 6.07) is 15.5. The van der Waals surface area contributed by atoms with Crippen LogP contribution in [0.2, 0.25) is 10.0 Å². The van der Waals surface area contributed by atoms with Gasteiger partial charge in [0.15, 0.2) is 0 Å². The summed E-state index contributed by atoms with van der Waals surface area (Å²) in [4.78, 5) is 18.7. The molecule has 5 nitrogen and oxygen atoms in total. The van der Waals surface area contributed by atoms with Crippen molar-refractivity contribution >= 4 is 34.9 Å². The number of halogens is 2. The number of oxime groups is 1. The summed E-state index contributed by atoms with van der Waals surface area (Å²) < 4.78 is 7.44. The number of hydrogen-bond donors (Lipinski definition) is 0. The fourth-order valence-corrected chi connectivity index (χ4v) is 4.63. The van der Waals surface area contributed by atoms with E-state index in [0.717, 1.165) is 52.9 Å². The number of ether oxygens (including phenoxy) is 1. The lowest BCUT2D eigenvalue weighted by Gasteiger charge is -2.18. The second kappa shape index (κ2) is 10.4. The summed E-state index contributed by atoms with van der Waals surface area (Å²) >= 11 is 12.3. The van der Waals surface area contributed by atoms with E-state index < -0.39 is 0 Å². The number of carbonyl (C=O) groups excluding carboxylic acids is 1. The molecule has 1 aromatic heterocycles. The molecule has 0 N–H and O–H groups in total. The van der Waals surface area contributed by atoms with Gasteiger partial charge < -0.3 is 14.1 Å². The first kappa shape index (κ1) is 23.4. The van der Waals surface area contributed by atoms with Gasteiger partial charge in [-0.15, -0.1) is 0 Å². The highest BCUT2D eigenvalue weighted by molar-refractivity contribution is 6.42. The number of nitrogens with zero attached hydrogens (tertiary/aromatic N) is 2. The summed E-state index contributed by atoms with van der Waals surface area (Å²) in [7, 11) is 0. The molecule has 0 saturated carbocycles. The van der Waals surface area contributed by atoms with E-state index in [2.05, 4.69) is 5.16 Å². The van der Waals surface area contributed by atoms with Crippen LogP contribution >= 0.6 is 23.2 Å². The average molecular weight is 485 g/mol. The molecule has 7 heteroatoms. The SMILES string of the molecule is CCOC(=O)c1c(C)c2c(n1Cc1ccc(Cl)c(Cl)c1)CCC/C2=N/OCc1ccccc1. The number of benzene rings is 2. The lowest BCUT2D eigenvalue weighted by Crippen LogP contribution is -2.17. The summed E-state index contributed by atoms with van der Waals surface area (Å²) in [6.07, 6.45) is 2.56. The lowest BCUT2D eigenvalue weighted by atomic mass is 9.93. The lowest BCUT2D eigenvalue weighted by molar-refractivity contribution is 0.0513. The van der Waals surface area contributed by atoms with Gasteiger partial charge in [-0.25, -0.2) is 4.79 Å². The van der Waals surface area contributed by atoms with E-state index in [0.29, 0.717) is 35.5 Å². The molecule has 0 amide bonds. The van der Waals surface area contributed by atoms with Gasteiger partial charge >= 0.3 is 5.97 Å². The smallest absolute Gasteiger partial charge is 0.355 e. The molecule has 2 aromatic carbocycles. The van der Waals surface area contributed by atoms with Crippen molar-refractivity contribution in [1.82, 2.24) is 4.57 Å². The third-order valence-electron chi connectivity index (χ3n) is 5.77. The predicted octanol–water partition coefficient (Wildman–Crippen LogP) is 6.59. The minimum Gasteiger partial charge on any atom is -0.461 e. The van der Waals surface area contributed by atoms with E-state index in [1.54, 1.807) is 6.07 Å². The Morgan fingerprint density at radius 3 is 2.58 bits per heavy atom. The number of hydrogen-bond acceptors (Lipinski definition) is 4. The first-order chi connectivity index (χ1) is 16.0. The zero-order chi connectivity index (χ0) is 23.4. The largest absolute Gasteiger partial charge is 0.461 e. The Labute approximate surface area is 203 Å². The molecular formula is C26H26Cl2N2O3. The topological polar surface area (TPSA) is 52.8 Å². The number of carbonyl (C=O) groups is 1. The zero-order valence-corrected chi connectivity index (χ0v) is 20.2. The number of fused-ring (bicyclic) bond motifs is 1. The number of aromatic nitrogens is 1. The molecule has 0 atom stereocenters. The van der Waals surface area contributed by atoms with Gasteiger partial charge in [0.25, 0.3) is 0 Å². The van der Waals surface area contributed by atoms with Gasteiger partial charge in [-0.3, -0.25) is 0 Å². The van der Waals surface area contributed by atoms with Gasteiger partial charge in [-0.2, -0.15) is 0 Å². The molecule has 0 aliphatic heterocycles. The van der Waals surface area contributed by atoms with Crippen LogP contribution in [0.5, 0.6) is 0 Å².